The number of thioether (sulfide) groups is 1. The lowest BCUT2D eigenvalue weighted by molar-refractivity contribution is -0.142. The molecule has 0 aliphatic heterocycles. The second-order valence-corrected chi connectivity index (χ2v) is 6.63. The average Bonchev–Trinajstić information content (AvgIpc) is 3.15. The van der Waals surface area contributed by atoms with E-state index in [0.717, 1.165) is 10.5 Å². The number of carbonyl (C=O) groups excluding carboxylic acids is 1. The first-order chi connectivity index (χ1) is 12.6. The number of ether oxygens (including phenoxy) is 2. The normalized spacial score (nSPS) is 10.5. The summed E-state index contributed by atoms with van der Waals surface area (Å²) in [6.07, 6.45) is 0. The standard InChI is InChI=1S/C18H15ClN2O4S/c1-23-14-4-2-3-12(9-14)18-20-16(25-21-18)10-24-17(22)11-26-15-7-5-13(19)6-8-15/h2-9H,10-11H2,1H3. The minimum absolute atomic E-state index is 0.0724. The van der Waals surface area contributed by atoms with E-state index in [1.54, 1.807) is 25.3 Å². The van der Waals surface area contributed by atoms with E-state index in [0.29, 0.717) is 16.6 Å². The maximum atomic E-state index is 11.8. The Morgan fingerprint density at radius 1 is 1.23 bits per heavy atom. The first kappa shape index (κ1) is 18.3. The van der Waals surface area contributed by atoms with Crippen molar-refractivity contribution in [3.05, 3.63) is 59.4 Å². The van der Waals surface area contributed by atoms with Gasteiger partial charge in [0, 0.05) is 15.5 Å². The van der Waals surface area contributed by atoms with Gasteiger partial charge in [0.25, 0.3) is 5.89 Å². The summed E-state index contributed by atoms with van der Waals surface area (Å²) < 4.78 is 15.4. The molecule has 0 amide bonds. The van der Waals surface area contributed by atoms with Crippen LogP contribution in [0, 0.1) is 0 Å². The Morgan fingerprint density at radius 2 is 2.04 bits per heavy atom. The Kier molecular flexibility index (Phi) is 6.14. The van der Waals surface area contributed by atoms with Crippen molar-refractivity contribution in [1.82, 2.24) is 10.1 Å². The molecule has 0 bridgehead atoms. The zero-order valence-corrected chi connectivity index (χ0v) is 15.4. The number of halogens is 1. The molecule has 0 spiro atoms. The summed E-state index contributed by atoms with van der Waals surface area (Å²) in [6.45, 7) is -0.0724. The van der Waals surface area contributed by atoms with Crippen LogP contribution in [0.3, 0.4) is 0 Å². The molecule has 0 saturated carbocycles. The van der Waals surface area contributed by atoms with Gasteiger partial charge in [-0.15, -0.1) is 11.8 Å². The number of methoxy groups -OCH3 is 1. The summed E-state index contributed by atoms with van der Waals surface area (Å²) in [5, 5.41) is 4.54. The molecular formula is C18H15ClN2O4S. The van der Waals surface area contributed by atoms with Gasteiger partial charge < -0.3 is 14.0 Å². The second kappa shape index (κ2) is 8.73. The van der Waals surface area contributed by atoms with Gasteiger partial charge in [0.05, 0.1) is 12.9 Å². The Hall–Kier alpha value is -2.51. The smallest absolute Gasteiger partial charge is 0.316 e. The summed E-state index contributed by atoms with van der Waals surface area (Å²) in [6, 6.07) is 14.5. The molecule has 2 aromatic carbocycles. The Bertz CT molecular complexity index is 883. The molecule has 0 aliphatic rings. The van der Waals surface area contributed by atoms with Crippen LogP contribution in [-0.4, -0.2) is 29.0 Å². The maximum Gasteiger partial charge on any atom is 0.316 e. The van der Waals surface area contributed by atoms with Crippen molar-refractivity contribution in [3.63, 3.8) is 0 Å². The molecule has 0 fully saturated rings. The highest BCUT2D eigenvalue weighted by atomic mass is 35.5. The fraction of sp³-hybridized carbons (Fsp3) is 0.167. The molecule has 0 atom stereocenters. The molecule has 3 rings (SSSR count). The summed E-state index contributed by atoms with van der Waals surface area (Å²) in [5.41, 5.74) is 0.754. The lowest BCUT2D eigenvalue weighted by Gasteiger charge is -2.02. The van der Waals surface area contributed by atoms with E-state index >= 15 is 0 Å². The topological polar surface area (TPSA) is 74.5 Å². The second-order valence-electron chi connectivity index (χ2n) is 5.15. The summed E-state index contributed by atoms with van der Waals surface area (Å²) in [5.74, 6) is 1.14. The molecule has 134 valence electrons. The molecule has 1 aromatic heterocycles. The van der Waals surface area contributed by atoms with Crippen LogP contribution in [-0.2, 0) is 16.1 Å². The van der Waals surface area contributed by atoms with Crippen LogP contribution in [0.5, 0.6) is 5.75 Å². The van der Waals surface area contributed by atoms with Gasteiger partial charge in [0.1, 0.15) is 5.75 Å². The third-order valence-corrected chi connectivity index (χ3v) is 4.56. The highest BCUT2D eigenvalue weighted by molar-refractivity contribution is 8.00. The fourth-order valence-electron chi connectivity index (χ4n) is 2.05. The molecule has 0 N–H and O–H groups in total. The van der Waals surface area contributed by atoms with Crippen molar-refractivity contribution < 1.29 is 18.8 Å². The average molecular weight is 391 g/mol. The van der Waals surface area contributed by atoms with E-state index in [-0.39, 0.29) is 24.2 Å². The zero-order valence-electron chi connectivity index (χ0n) is 13.8. The Balaban J connectivity index is 1.51. The van der Waals surface area contributed by atoms with Gasteiger partial charge in [-0.3, -0.25) is 4.79 Å². The predicted octanol–water partition coefficient (Wildman–Crippen LogP) is 4.23. The van der Waals surface area contributed by atoms with Gasteiger partial charge in [0.15, 0.2) is 6.61 Å². The van der Waals surface area contributed by atoms with Gasteiger partial charge in [0.2, 0.25) is 5.82 Å². The minimum Gasteiger partial charge on any atom is -0.497 e. The summed E-state index contributed by atoms with van der Waals surface area (Å²) in [7, 11) is 1.59. The largest absolute Gasteiger partial charge is 0.497 e. The molecule has 26 heavy (non-hydrogen) atoms. The van der Waals surface area contributed by atoms with Gasteiger partial charge in [-0.2, -0.15) is 4.98 Å². The Morgan fingerprint density at radius 3 is 2.81 bits per heavy atom. The third kappa shape index (κ3) is 5.00. The molecule has 3 aromatic rings. The summed E-state index contributed by atoms with van der Waals surface area (Å²) >= 11 is 7.19. The lowest BCUT2D eigenvalue weighted by atomic mass is 10.2. The number of esters is 1. The van der Waals surface area contributed by atoms with Crippen molar-refractivity contribution in [1.29, 1.82) is 0 Å². The van der Waals surface area contributed by atoms with Gasteiger partial charge in [-0.05, 0) is 36.4 Å². The predicted molar refractivity (Wildman–Crippen MR) is 98.3 cm³/mol. The fourth-order valence-corrected chi connectivity index (χ4v) is 2.87. The van der Waals surface area contributed by atoms with Crippen molar-refractivity contribution in [3.8, 4) is 17.1 Å². The number of nitrogens with zero attached hydrogens (tertiary/aromatic N) is 2. The van der Waals surface area contributed by atoms with Crippen LogP contribution < -0.4 is 4.74 Å². The van der Waals surface area contributed by atoms with E-state index in [4.69, 9.17) is 25.6 Å². The number of hydrogen-bond donors (Lipinski definition) is 0. The van der Waals surface area contributed by atoms with Gasteiger partial charge in [-0.25, -0.2) is 0 Å². The lowest BCUT2D eigenvalue weighted by Crippen LogP contribution is -2.07. The number of benzene rings is 2. The zero-order chi connectivity index (χ0) is 18.4. The van der Waals surface area contributed by atoms with E-state index < -0.39 is 0 Å². The van der Waals surface area contributed by atoms with Crippen LogP contribution in [0.1, 0.15) is 5.89 Å². The third-order valence-electron chi connectivity index (χ3n) is 3.32. The highest BCUT2D eigenvalue weighted by Gasteiger charge is 2.12. The van der Waals surface area contributed by atoms with Crippen LogP contribution in [0.4, 0.5) is 0 Å². The van der Waals surface area contributed by atoms with E-state index in [1.165, 1.54) is 11.8 Å². The maximum absolute atomic E-state index is 11.8. The monoisotopic (exact) mass is 390 g/mol. The van der Waals surface area contributed by atoms with Crippen LogP contribution in [0.15, 0.2) is 57.9 Å². The van der Waals surface area contributed by atoms with Crippen molar-refractivity contribution in [2.45, 2.75) is 11.5 Å². The molecule has 0 saturated heterocycles. The van der Waals surface area contributed by atoms with Crippen LogP contribution in [0.2, 0.25) is 5.02 Å². The quantitative estimate of drug-likeness (QED) is 0.441. The molecule has 0 radical (unpaired) electrons. The van der Waals surface area contributed by atoms with Crippen molar-refractivity contribution in [2.75, 3.05) is 12.9 Å². The molecule has 0 aliphatic carbocycles. The SMILES string of the molecule is COc1cccc(-c2noc(COC(=O)CSc3ccc(Cl)cc3)n2)c1. The summed E-state index contributed by atoms with van der Waals surface area (Å²) in [4.78, 5) is 17.0. The molecule has 8 heteroatoms. The number of aromatic nitrogens is 2. The van der Waals surface area contributed by atoms with E-state index in [2.05, 4.69) is 10.1 Å². The molecule has 6 nitrogen and oxygen atoms in total. The van der Waals surface area contributed by atoms with E-state index in [1.807, 2.05) is 30.3 Å². The van der Waals surface area contributed by atoms with Crippen LogP contribution >= 0.6 is 23.4 Å². The number of rotatable bonds is 7. The first-order valence-electron chi connectivity index (χ1n) is 7.65. The Labute approximate surface area is 159 Å². The molecular weight excluding hydrogens is 376 g/mol. The number of carbonyl (C=O) groups is 1. The molecule has 0 unspecified atom stereocenters. The van der Waals surface area contributed by atoms with Gasteiger partial charge >= 0.3 is 5.97 Å². The van der Waals surface area contributed by atoms with E-state index in [9.17, 15) is 4.79 Å². The highest BCUT2D eigenvalue weighted by Crippen LogP contribution is 2.22. The van der Waals surface area contributed by atoms with Gasteiger partial charge in [-0.1, -0.05) is 28.9 Å². The number of hydrogen-bond acceptors (Lipinski definition) is 7. The van der Waals surface area contributed by atoms with Crippen LogP contribution in [0.25, 0.3) is 11.4 Å². The van der Waals surface area contributed by atoms with Crippen molar-refractivity contribution in [2.24, 2.45) is 0 Å². The molecule has 1 heterocycles. The van der Waals surface area contributed by atoms with Crippen molar-refractivity contribution >= 4 is 29.3 Å². The first-order valence-corrected chi connectivity index (χ1v) is 9.01. The minimum atomic E-state index is -0.369.